The molecule has 4 atom stereocenters. The molecule has 4 unspecified atom stereocenters. The van der Waals surface area contributed by atoms with E-state index in [1.807, 2.05) is 0 Å². The number of nitrogens with zero attached hydrogens (tertiary/aromatic N) is 1. The fourth-order valence-corrected chi connectivity index (χ4v) is 2.91. The Kier molecular flexibility index (Phi) is 11.5. The molecule has 1 heterocycles. The third-order valence-electron chi connectivity index (χ3n) is 4.42. The molecule has 34 heavy (non-hydrogen) atoms. The predicted octanol–water partition coefficient (Wildman–Crippen LogP) is -2.91. The fraction of sp³-hybridized carbons (Fsp3) is 0.500. The van der Waals surface area contributed by atoms with Crippen LogP contribution in [-0.2, 0) is 35.2 Å². The Hall–Kier alpha value is -3.66. The van der Waals surface area contributed by atoms with E-state index in [-0.39, 0.29) is 18.6 Å². The smallest absolute Gasteiger partial charge is 0.326 e. The summed E-state index contributed by atoms with van der Waals surface area (Å²) in [5.74, 6) is -7.01. The number of rotatable bonds is 15. The first-order valence-corrected chi connectivity index (χ1v) is 10.5. The van der Waals surface area contributed by atoms with Crippen molar-refractivity contribution in [1.82, 2.24) is 25.9 Å². The molecule has 0 aliphatic carbocycles. The minimum absolute atomic E-state index is 0.116. The van der Waals surface area contributed by atoms with Crippen molar-refractivity contribution in [3.63, 3.8) is 0 Å². The second-order valence-electron chi connectivity index (χ2n) is 7.12. The Balaban J connectivity index is 2.92. The van der Waals surface area contributed by atoms with E-state index in [0.717, 1.165) is 0 Å². The lowest BCUT2D eigenvalue weighted by Gasteiger charge is -2.24. The highest BCUT2D eigenvalue weighted by Crippen LogP contribution is 2.04. The molecule has 0 aromatic carbocycles. The average Bonchev–Trinajstić information content (AvgIpc) is 3.26. The quantitative estimate of drug-likeness (QED) is 0.110. The molecule has 0 saturated heterocycles. The van der Waals surface area contributed by atoms with Crippen LogP contribution < -0.4 is 21.7 Å². The van der Waals surface area contributed by atoms with Gasteiger partial charge in [-0.3, -0.25) is 24.0 Å². The lowest BCUT2D eigenvalue weighted by molar-refractivity contribution is -0.143. The van der Waals surface area contributed by atoms with Crippen molar-refractivity contribution in [2.45, 2.75) is 49.9 Å². The molecule has 3 amide bonds. The number of carbonyl (C=O) groups excluding carboxylic acids is 3. The molecule has 1 aromatic heterocycles. The maximum Gasteiger partial charge on any atom is 0.326 e. The number of carboxylic acid groups (broad SMARTS) is 3. The lowest BCUT2D eigenvalue weighted by Crippen LogP contribution is -2.58. The van der Waals surface area contributed by atoms with Crippen LogP contribution in [-0.4, -0.2) is 90.8 Å². The van der Waals surface area contributed by atoms with Gasteiger partial charge in [0.25, 0.3) is 0 Å². The summed E-state index contributed by atoms with van der Waals surface area (Å²) in [6.45, 7) is 0. The van der Waals surface area contributed by atoms with Crippen LogP contribution in [0.5, 0.6) is 0 Å². The summed E-state index contributed by atoms with van der Waals surface area (Å²) in [4.78, 5) is 76.9. The topological polar surface area (TPSA) is 254 Å². The van der Waals surface area contributed by atoms with Gasteiger partial charge in [-0.05, 0) is 6.42 Å². The van der Waals surface area contributed by atoms with Crippen LogP contribution in [0.3, 0.4) is 0 Å². The number of carbonyl (C=O) groups is 6. The second kappa shape index (κ2) is 13.8. The molecular formula is C18H26N6O9S. The van der Waals surface area contributed by atoms with Crippen molar-refractivity contribution in [1.29, 1.82) is 0 Å². The van der Waals surface area contributed by atoms with E-state index >= 15 is 0 Å². The summed E-state index contributed by atoms with van der Waals surface area (Å²) < 4.78 is 0. The highest BCUT2D eigenvalue weighted by molar-refractivity contribution is 7.80. The standard InChI is InChI=1S/C18H26N6O9S/c19-9(4-14(27)28)15(29)23-11(3-8-5-20-7-21-8)16(30)24-12(6-34)17(31)22-10(18(32)33)1-2-13(25)26/h5,7,9-12,34H,1-4,6,19H2,(H,20,21)(H,22,31)(H,23,29)(H,24,30)(H,25,26)(H,27,28)(H,32,33). The number of carboxylic acids is 3. The van der Waals surface area contributed by atoms with Crippen molar-refractivity contribution in [2.75, 3.05) is 5.75 Å². The van der Waals surface area contributed by atoms with Crippen LogP contribution >= 0.6 is 12.6 Å². The Morgan fingerprint density at radius 3 is 2.03 bits per heavy atom. The van der Waals surface area contributed by atoms with Crippen molar-refractivity contribution < 1.29 is 44.1 Å². The Morgan fingerprint density at radius 1 is 0.941 bits per heavy atom. The van der Waals surface area contributed by atoms with Crippen LogP contribution in [0.25, 0.3) is 0 Å². The van der Waals surface area contributed by atoms with E-state index in [0.29, 0.717) is 5.69 Å². The van der Waals surface area contributed by atoms with E-state index < -0.39 is 72.6 Å². The number of aliphatic carboxylic acids is 3. The maximum absolute atomic E-state index is 12.8. The Labute approximate surface area is 198 Å². The molecule has 0 aliphatic heterocycles. The number of nitrogens with two attached hydrogens (primary N) is 1. The molecule has 0 saturated carbocycles. The summed E-state index contributed by atoms with van der Waals surface area (Å²) in [5.41, 5.74) is 5.96. The number of imidazole rings is 1. The van der Waals surface area contributed by atoms with Crippen molar-refractivity contribution in [2.24, 2.45) is 5.73 Å². The highest BCUT2D eigenvalue weighted by atomic mass is 32.1. The highest BCUT2D eigenvalue weighted by Gasteiger charge is 2.30. The summed E-state index contributed by atoms with van der Waals surface area (Å²) >= 11 is 3.98. The van der Waals surface area contributed by atoms with Crippen molar-refractivity contribution in [3.8, 4) is 0 Å². The molecule has 0 bridgehead atoms. The third-order valence-corrected chi connectivity index (χ3v) is 4.79. The summed E-state index contributed by atoms with van der Waals surface area (Å²) in [6, 6.07) is -5.59. The predicted molar refractivity (Wildman–Crippen MR) is 117 cm³/mol. The monoisotopic (exact) mass is 502 g/mol. The summed E-state index contributed by atoms with van der Waals surface area (Å²) in [6.07, 6.45) is 1.02. The van der Waals surface area contributed by atoms with Crippen molar-refractivity contribution >= 4 is 48.3 Å². The van der Waals surface area contributed by atoms with Gasteiger partial charge < -0.3 is 42.0 Å². The van der Waals surface area contributed by atoms with Gasteiger partial charge in [0.05, 0.1) is 18.8 Å². The first kappa shape index (κ1) is 28.4. The molecule has 1 aromatic rings. The van der Waals surface area contributed by atoms with E-state index in [1.165, 1.54) is 12.5 Å². The maximum atomic E-state index is 12.8. The SMILES string of the molecule is NC(CC(=O)O)C(=O)NC(Cc1cnc[nH]1)C(=O)NC(CS)C(=O)NC(CCC(=O)O)C(=O)O. The second-order valence-corrected chi connectivity index (χ2v) is 7.49. The molecule has 1 rings (SSSR count). The van der Waals surface area contributed by atoms with Crippen LogP contribution in [0.15, 0.2) is 12.5 Å². The Morgan fingerprint density at radius 2 is 1.53 bits per heavy atom. The third kappa shape index (κ3) is 9.86. The first-order chi connectivity index (χ1) is 15.9. The van der Waals surface area contributed by atoms with Crippen LogP contribution in [0.1, 0.15) is 25.0 Å². The van der Waals surface area contributed by atoms with E-state index in [4.69, 9.17) is 15.9 Å². The molecule has 15 nitrogen and oxygen atoms in total. The van der Waals surface area contributed by atoms with Gasteiger partial charge in [0.1, 0.15) is 18.1 Å². The number of H-pyrrole nitrogens is 1. The van der Waals surface area contributed by atoms with Crippen molar-refractivity contribution in [3.05, 3.63) is 18.2 Å². The Bertz CT molecular complexity index is 894. The molecule has 9 N–H and O–H groups in total. The average molecular weight is 503 g/mol. The summed E-state index contributed by atoms with van der Waals surface area (Å²) in [5, 5.41) is 33.5. The number of aromatic nitrogens is 2. The van der Waals surface area contributed by atoms with Crippen LogP contribution in [0, 0.1) is 0 Å². The molecule has 0 spiro atoms. The zero-order valence-corrected chi connectivity index (χ0v) is 18.7. The van der Waals surface area contributed by atoms with Gasteiger partial charge in [-0.25, -0.2) is 9.78 Å². The minimum Gasteiger partial charge on any atom is -0.481 e. The molecule has 0 aliphatic rings. The van der Waals surface area contributed by atoms with Gasteiger partial charge in [0.2, 0.25) is 17.7 Å². The number of aromatic amines is 1. The van der Waals surface area contributed by atoms with Gasteiger partial charge in [0.15, 0.2) is 0 Å². The fourth-order valence-electron chi connectivity index (χ4n) is 2.65. The first-order valence-electron chi connectivity index (χ1n) is 9.85. The van der Waals surface area contributed by atoms with Crippen LogP contribution in [0.4, 0.5) is 0 Å². The number of amides is 3. The zero-order valence-electron chi connectivity index (χ0n) is 17.8. The summed E-state index contributed by atoms with van der Waals surface area (Å²) in [7, 11) is 0. The van der Waals surface area contributed by atoms with Gasteiger partial charge in [-0.2, -0.15) is 12.6 Å². The molecule has 0 radical (unpaired) electrons. The van der Waals surface area contributed by atoms with E-state index in [9.17, 15) is 33.9 Å². The molecule has 188 valence electrons. The molecular weight excluding hydrogens is 476 g/mol. The minimum atomic E-state index is -1.52. The largest absolute Gasteiger partial charge is 0.481 e. The van der Waals surface area contributed by atoms with Gasteiger partial charge in [-0.15, -0.1) is 0 Å². The normalized spacial score (nSPS) is 14.2. The number of hydrogen-bond acceptors (Lipinski definition) is 9. The van der Waals surface area contributed by atoms with E-state index in [2.05, 4.69) is 38.5 Å². The van der Waals surface area contributed by atoms with Gasteiger partial charge >= 0.3 is 17.9 Å². The number of nitrogens with one attached hydrogen (secondary N) is 4. The lowest BCUT2D eigenvalue weighted by atomic mass is 10.1. The van der Waals surface area contributed by atoms with Gasteiger partial charge in [-0.1, -0.05) is 0 Å². The number of thiol groups is 1. The number of hydrogen-bond donors (Lipinski definition) is 9. The van der Waals surface area contributed by atoms with E-state index in [1.54, 1.807) is 0 Å². The van der Waals surface area contributed by atoms with Gasteiger partial charge in [0, 0.05) is 30.5 Å². The van der Waals surface area contributed by atoms with Crippen LogP contribution in [0.2, 0.25) is 0 Å². The molecule has 16 heteroatoms. The molecule has 0 fully saturated rings. The zero-order chi connectivity index (χ0) is 25.8.